The number of fused-ring (bicyclic) bond motifs is 3. The standard InChI is InChI=1S/C18H18N2O4.C15H17FN2O3.C15H18N2O3/c21-14-10-13(8-7-12-5-6-12)15-16(22)19-18(20-17(15)24-14)23-9-1-2-11-3-4-11;1-8(16)13-17-14(20)12-10(4-2-3-9-5-6-9)7-11(19)21-15(12)18-13;1-2-11-16-14(19)13-10(5-3-4-9-6-7-9)8-12(18)20-15(13)17-11/h10-12H,3-9H2,(H,19,20,22);7-9H,2-6H2,1H3,(H,17,18,20);8-9H,2-7H2,1H3,(H,16,17,19). The summed E-state index contributed by atoms with van der Waals surface area (Å²) in [5.41, 5.74) is -0.288. The van der Waals surface area contributed by atoms with E-state index in [0.717, 1.165) is 62.3 Å². The van der Waals surface area contributed by atoms with Gasteiger partial charge in [-0.25, -0.2) is 18.8 Å². The van der Waals surface area contributed by atoms with E-state index in [1.54, 1.807) is 0 Å². The van der Waals surface area contributed by atoms with Crippen LogP contribution in [0.15, 0.2) is 60.2 Å². The van der Waals surface area contributed by atoms with E-state index in [4.69, 9.17) is 18.0 Å². The molecule has 0 saturated heterocycles. The van der Waals surface area contributed by atoms with E-state index in [0.29, 0.717) is 58.8 Å². The molecule has 342 valence electrons. The fourth-order valence-electron chi connectivity index (χ4n) is 7.76. The van der Waals surface area contributed by atoms with Gasteiger partial charge in [-0.3, -0.25) is 19.4 Å². The smallest absolute Gasteiger partial charge is 0.337 e. The molecular weight excluding hydrogens is 840 g/mol. The molecule has 6 heterocycles. The largest absolute Gasteiger partial charge is 0.451 e. The van der Waals surface area contributed by atoms with Crippen molar-refractivity contribution in [1.82, 2.24) is 29.9 Å². The van der Waals surface area contributed by atoms with E-state index in [2.05, 4.69) is 41.7 Å². The lowest BCUT2D eigenvalue weighted by atomic mass is 10.1. The van der Waals surface area contributed by atoms with Crippen LogP contribution in [0, 0.1) is 35.5 Å². The Morgan fingerprint density at radius 2 is 1.12 bits per heavy atom. The maximum Gasteiger partial charge on any atom is 0.337 e. The van der Waals surface area contributed by atoms with Crippen LogP contribution in [0.25, 0.3) is 33.3 Å². The van der Waals surface area contributed by atoms with Crippen molar-refractivity contribution < 1.29 is 22.4 Å². The van der Waals surface area contributed by atoms with Crippen molar-refractivity contribution in [2.45, 2.75) is 129 Å². The van der Waals surface area contributed by atoms with Crippen molar-refractivity contribution in [3.8, 4) is 17.9 Å². The van der Waals surface area contributed by atoms with E-state index >= 15 is 0 Å². The van der Waals surface area contributed by atoms with E-state index in [9.17, 15) is 33.2 Å². The molecule has 0 bridgehead atoms. The SMILES string of the molecule is CC(F)c1nc2oc(=O)cc(CCCC3CC3)c2c(=O)[nH]1.CCc1nc2oc(=O)cc(CCCC3CC3)c2c(=O)[nH]1.O=c1cc(CCC2CC2)c2c(=O)[nH]c(OCC#CC3CC3)nc2o1. The molecule has 65 heavy (non-hydrogen) atoms. The number of hydrogen-bond acceptors (Lipinski definition) is 13. The van der Waals surface area contributed by atoms with Gasteiger partial charge in [0.25, 0.3) is 16.7 Å². The van der Waals surface area contributed by atoms with Crippen molar-refractivity contribution >= 4 is 33.3 Å². The van der Waals surface area contributed by atoms with Gasteiger partial charge in [0.1, 0.15) is 27.8 Å². The Kier molecular flexibility index (Phi) is 14.0. The van der Waals surface area contributed by atoms with Crippen molar-refractivity contribution in [2.24, 2.45) is 23.7 Å². The Labute approximate surface area is 370 Å². The third-order valence-electron chi connectivity index (χ3n) is 12.0. The predicted octanol–water partition coefficient (Wildman–Crippen LogP) is 6.82. The summed E-state index contributed by atoms with van der Waals surface area (Å²) in [5.74, 6) is 9.24. The zero-order valence-electron chi connectivity index (χ0n) is 36.6. The number of alkyl halides is 1. The van der Waals surface area contributed by atoms with Crippen LogP contribution in [-0.4, -0.2) is 36.5 Å². The number of aryl methyl sites for hydroxylation is 4. The summed E-state index contributed by atoms with van der Waals surface area (Å²) in [6.45, 7) is 3.31. The first-order valence-corrected chi connectivity index (χ1v) is 22.9. The number of nitrogens with zero attached hydrogens (tertiary/aromatic N) is 3. The van der Waals surface area contributed by atoms with Gasteiger partial charge in [-0.1, -0.05) is 70.1 Å². The van der Waals surface area contributed by atoms with Gasteiger partial charge >= 0.3 is 22.9 Å². The van der Waals surface area contributed by atoms with Gasteiger partial charge < -0.3 is 28.0 Å². The Morgan fingerprint density at radius 1 is 0.646 bits per heavy atom. The molecule has 1 unspecified atom stereocenters. The third-order valence-corrected chi connectivity index (χ3v) is 12.0. The van der Waals surface area contributed by atoms with Crippen molar-refractivity contribution in [1.29, 1.82) is 0 Å². The minimum absolute atomic E-state index is 0.0279. The highest BCUT2D eigenvalue weighted by Gasteiger charge is 2.24. The highest BCUT2D eigenvalue weighted by atomic mass is 19.1. The predicted molar refractivity (Wildman–Crippen MR) is 240 cm³/mol. The average Bonchev–Trinajstić information content (AvgIpc) is 4.05. The molecule has 4 fully saturated rings. The second-order valence-electron chi connectivity index (χ2n) is 17.7. The van der Waals surface area contributed by atoms with Crippen LogP contribution in [0.2, 0.25) is 0 Å². The fraction of sp³-hybridized carbons (Fsp3) is 0.521. The number of nitrogens with one attached hydrogen (secondary N) is 3. The summed E-state index contributed by atoms with van der Waals surface area (Å²) < 4.78 is 33.8. The van der Waals surface area contributed by atoms with Gasteiger partial charge in [0.15, 0.2) is 12.8 Å². The van der Waals surface area contributed by atoms with Gasteiger partial charge in [0, 0.05) is 30.5 Å². The number of aromatic amines is 3. The summed E-state index contributed by atoms with van der Waals surface area (Å²) in [6, 6.07) is 4.19. The minimum atomic E-state index is -1.43. The van der Waals surface area contributed by atoms with Crippen LogP contribution >= 0.6 is 0 Å². The van der Waals surface area contributed by atoms with Crippen LogP contribution in [0.5, 0.6) is 6.01 Å². The lowest BCUT2D eigenvalue weighted by Crippen LogP contribution is -2.16. The Balaban J connectivity index is 0.000000134. The topological polar surface area (TPSA) is 237 Å². The normalized spacial score (nSPS) is 16.0. The molecular formula is C48H53FN6O10. The van der Waals surface area contributed by atoms with Gasteiger partial charge in [0.2, 0.25) is 17.1 Å². The molecule has 0 aromatic carbocycles. The van der Waals surface area contributed by atoms with Gasteiger partial charge in [-0.05, 0) is 92.7 Å². The number of halogens is 1. The van der Waals surface area contributed by atoms with Crippen LogP contribution in [0.3, 0.4) is 0 Å². The van der Waals surface area contributed by atoms with E-state index in [-0.39, 0.29) is 52.1 Å². The molecule has 3 N–H and O–H groups in total. The zero-order valence-corrected chi connectivity index (χ0v) is 36.6. The van der Waals surface area contributed by atoms with Crippen LogP contribution in [-0.2, 0) is 25.7 Å². The molecule has 0 amide bonds. The van der Waals surface area contributed by atoms with Crippen LogP contribution < -0.4 is 38.3 Å². The molecule has 4 saturated carbocycles. The van der Waals surface area contributed by atoms with Crippen LogP contribution in [0.4, 0.5) is 4.39 Å². The van der Waals surface area contributed by atoms with Crippen molar-refractivity contribution in [2.75, 3.05) is 6.61 Å². The molecule has 6 aromatic rings. The first kappa shape index (κ1) is 45.1. The lowest BCUT2D eigenvalue weighted by Gasteiger charge is -2.06. The average molecular weight is 893 g/mol. The molecule has 4 aliphatic rings. The molecule has 10 rings (SSSR count). The summed E-state index contributed by atoms with van der Waals surface area (Å²) in [7, 11) is 0. The monoisotopic (exact) mass is 892 g/mol. The zero-order chi connectivity index (χ0) is 45.6. The maximum absolute atomic E-state index is 13.3. The maximum atomic E-state index is 13.3. The highest BCUT2D eigenvalue weighted by molar-refractivity contribution is 5.77. The number of aromatic nitrogens is 6. The lowest BCUT2D eigenvalue weighted by molar-refractivity contribution is 0.337. The molecule has 0 radical (unpaired) electrons. The van der Waals surface area contributed by atoms with Gasteiger partial charge in [-0.2, -0.15) is 15.0 Å². The number of hydrogen-bond donors (Lipinski definition) is 3. The van der Waals surface area contributed by atoms with Crippen LogP contribution in [0.1, 0.15) is 132 Å². The molecule has 4 aliphatic carbocycles. The molecule has 6 aromatic heterocycles. The van der Waals surface area contributed by atoms with Gasteiger partial charge in [0.05, 0.1) is 0 Å². The first-order chi connectivity index (χ1) is 31.4. The van der Waals surface area contributed by atoms with Crippen molar-refractivity contribution in [3.05, 3.63) is 109 Å². The molecule has 16 nitrogen and oxygen atoms in total. The molecule has 1 atom stereocenters. The highest BCUT2D eigenvalue weighted by Crippen LogP contribution is 2.35. The Bertz CT molecular complexity index is 3120. The summed E-state index contributed by atoms with van der Waals surface area (Å²) >= 11 is 0. The van der Waals surface area contributed by atoms with E-state index in [1.165, 1.54) is 70.1 Å². The number of ether oxygens (including phenoxy) is 1. The summed E-state index contributed by atoms with van der Waals surface area (Å²) in [4.78, 5) is 91.6. The number of H-pyrrole nitrogens is 3. The quantitative estimate of drug-likeness (QED) is 0.0899. The third kappa shape index (κ3) is 12.4. The molecule has 0 spiro atoms. The van der Waals surface area contributed by atoms with Gasteiger partial charge in [-0.15, -0.1) is 0 Å². The van der Waals surface area contributed by atoms with Crippen molar-refractivity contribution in [3.63, 3.8) is 0 Å². The van der Waals surface area contributed by atoms with E-state index in [1.807, 2.05) is 6.92 Å². The fourth-order valence-corrected chi connectivity index (χ4v) is 7.76. The first-order valence-electron chi connectivity index (χ1n) is 22.9. The summed E-state index contributed by atoms with van der Waals surface area (Å²) in [6.07, 6.45) is 16.3. The molecule has 17 heteroatoms. The minimum Gasteiger partial charge on any atom is -0.451 e. The Morgan fingerprint density at radius 3 is 1.63 bits per heavy atom. The van der Waals surface area contributed by atoms with E-state index < -0.39 is 28.6 Å². The number of rotatable bonds is 15. The second kappa shape index (κ2) is 20.2. The molecule has 0 aliphatic heterocycles. The summed E-state index contributed by atoms with van der Waals surface area (Å²) in [5, 5.41) is 1.03. The Hall–Kier alpha value is -6.44. The second-order valence-corrected chi connectivity index (χ2v) is 17.7.